The van der Waals surface area contributed by atoms with Gasteiger partial charge in [-0.25, -0.2) is 8.78 Å². The van der Waals surface area contributed by atoms with Crippen molar-refractivity contribution in [1.82, 2.24) is 20.6 Å². The Hall–Kier alpha value is -10.0. The molecule has 24 heteroatoms. The van der Waals surface area contributed by atoms with Crippen LogP contribution in [0.4, 0.5) is 40.8 Å². The SMILES string of the molecule is CNC(=O)c1cc2c(Oc3ccc(CC(=O)C4(C(=O)Cc5ccc(C(F)(F)F)cc5)CC4)cc3F)ccnc2cc1OC.CNC(=O)c1cc2c(Oc3ccc(CC(=O)C4(C(=O)O)CC4)cc3F)ccnc2cc1OC.Nc1ccc(C(F)(F)F)cc1. The molecule has 0 bridgehead atoms. The number of aromatic nitrogens is 2. The summed E-state index contributed by atoms with van der Waals surface area (Å²) in [7, 11) is 5.84. The minimum Gasteiger partial charge on any atom is -0.496 e. The molecule has 0 aliphatic heterocycles. The third-order valence-electron chi connectivity index (χ3n) is 14.5. The number of aliphatic carboxylic acids is 1. The van der Waals surface area contributed by atoms with Crippen molar-refractivity contribution in [3.8, 4) is 34.5 Å². The Morgan fingerprint density at radius 2 is 0.874 bits per heavy atom. The number of hydrogen-bond donors (Lipinski definition) is 4. The number of ketones is 3. The molecule has 5 N–H and O–H groups in total. The number of Topliss-reactive ketones (excluding diaryl/α,β-unsaturated/α-hetero) is 3. The van der Waals surface area contributed by atoms with Crippen molar-refractivity contribution in [1.29, 1.82) is 0 Å². The zero-order chi connectivity index (χ0) is 63.2. The van der Waals surface area contributed by atoms with Gasteiger partial charge in [-0.1, -0.05) is 24.3 Å². The lowest BCUT2D eigenvalue weighted by molar-refractivity contribution is -0.148. The Labute approximate surface area is 490 Å². The van der Waals surface area contributed by atoms with Gasteiger partial charge >= 0.3 is 18.3 Å². The average molecular weight is 1210 g/mol. The second-order valence-electron chi connectivity index (χ2n) is 20.2. The van der Waals surface area contributed by atoms with Crippen LogP contribution in [-0.2, 0) is 50.8 Å². The van der Waals surface area contributed by atoms with Crippen LogP contribution in [0.25, 0.3) is 21.8 Å². The number of nitrogens with two attached hydrogens (primary N) is 1. The van der Waals surface area contributed by atoms with E-state index in [-0.39, 0.29) is 76.8 Å². The van der Waals surface area contributed by atoms with Gasteiger partial charge in [0.1, 0.15) is 28.4 Å². The molecule has 16 nitrogen and oxygen atoms in total. The summed E-state index contributed by atoms with van der Waals surface area (Å²) in [6.07, 6.45) is -5.03. The highest BCUT2D eigenvalue weighted by molar-refractivity contribution is 6.11. The van der Waals surface area contributed by atoms with Gasteiger partial charge in [0.05, 0.1) is 52.9 Å². The number of fused-ring (bicyclic) bond motifs is 2. The zero-order valence-electron chi connectivity index (χ0n) is 46.7. The number of pyridine rings is 2. The minimum atomic E-state index is -4.48. The average Bonchev–Trinajstić information content (AvgIpc) is 2.45. The van der Waals surface area contributed by atoms with Gasteiger partial charge in [0.15, 0.2) is 40.5 Å². The molecule has 2 heterocycles. The van der Waals surface area contributed by atoms with Gasteiger partial charge in [-0.05, 0) is 127 Å². The molecule has 0 unspecified atom stereocenters. The molecule has 2 aromatic heterocycles. The summed E-state index contributed by atoms with van der Waals surface area (Å²) < 4.78 is 126. The summed E-state index contributed by atoms with van der Waals surface area (Å²) in [5, 5.41) is 15.3. The van der Waals surface area contributed by atoms with E-state index in [0.29, 0.717) is 81.4 Å². The fraction of sp³-hybridized carbons (Fsp3) is 0.238. The molecular weight excluding hydrogens is 1150 g/mol. The largest absolute Gasteiger partial charge is 0.496 e. The number of carbonyl (C=O) groups excluding carboxylic acids is 5. The third kappa shape index (κ3) is 14.4. The monoisotopic (exact) mass is 1210 g/mol. The highest BCUT2D eigenvalue weighted by atomic mass is 19.4. The number of halogens is 8. The number of carboxylic acids is 1. The normalized spacial score (nSPS) is 13.6. The lowest BCUT2D eigenvalue weighted by Crippen LogP contribution is -2.29. The van der Waals surface area contributed by atoms with Crippen molar-refractivity contribution < 1.29 is 87.9 Å². The highest BCUT2D eigenvalue weighted by Gasteiger charge is 2.56. The Balaban J connectivity index is 0.000000196. The molecule has 0 radical (unpaired) electrons. The first-order valence-electron chi connectivity index (χ1n) is 26.5. The Kier molecular flexibility index (Phi) is 18.6. The number of nitrogen functional groups attached to an aromatic ring is 1. The number of alkyl halides is 6. The summed E-state index contributed by atoms with van der Waals surface area (Å²) in [6, 6.07) is 26.1. The Morgan fingerprint density at radius 1 is 0.506 bits per heavy atom. The van der Waals surface area contributed by atoms with Gasteiger partial charge in [-0.3, -0.25) is 38.7 Å². The van der Waals surface area contributed by atoms with Gasteiger partial charge in [-0.15, -0.1) is 0 Å². The summed E-state index contributed by atoms with van der Waals surface area (Å²) in [5.74, 6) is -3.54. The van der Waals surface area contributed by atoms with E-state index in [1.54, 1.807) is 24.3 Å². The molecule has 0 saturated heterocycles. The molecule has 452 valence electrons. The lowest BCUT2D eigenvalue weighted by Gasteiger charge is -2.15. The van der Waals surface area contributed by atoms with Gasteiger partial charge < -0.3 is 40.4 Å². The van der Waals surface area contributed by atoms with Gasteiger partial charge in [0.25, 0.3) is 11.8 Å². The van der Waals surface area contributed by atoms with E-state index >= 15 is 4.39 Å². The molecule has 6 aromatic carbocycles. The predicted octanol–water partition coefficient (Wildman–Crippen LogP) is 12.1. The maximum Gasteiger partial charge on any atom is 0.416 e. The summed E-state index contributed by atoms with van der Waals surface area (Å²) >= 11 is 0. The third-order valence-corrected chi connectivity index (χ3v) is 14.5. The van der Waals surface area contributed by atoms with Crippen molar-refractivity contribution in [3.05, 3.63) is 184 Å². The molecule has 2 aliphatic rings. The van der Waals surface area contributed by atoms with Crippen LogP contribution in [0.15, 0.2) is 134 Å². The summed E-state index contributed by atoms with van der Waals surface area (Å²) in [6.45, 7) is 0. The fourth-order valence-electron chi connectivity index (χ4n) is 9.27. The van der Waals surface area contributed by atoms with Crippen LogP contribution >= 0.6 is 0 Å². The van der Waals surface area contributed by atoms with Gasteiger partial charge in [-0.2, -0.15) is 26.3 Å². The Morgan fingerprint density at radius 3 is 1.22 bits per heavy atom. The van der Waals surface area contributed by atoms with Crippen LogP contribution in [0.3, 0.4) is 0 Å². The van der Waals surface area contributed by atoms with Crippen molar-refractivity contribution in [3.63, 3.8) is 0 Å². The first kappa shape index (κ1) is 63.0. The number of methoxy groups -OCH3 is 2. The second kappa shape index (κ2) is 25.7. The van der Waals surface area contributed by atoms with Crippen LogP contribution < -0.4 is 35.3 Å². The standard InChI is InChI=1S/C32H26F4N2O5.C24H21FN2O6.C7H6F3N/c1-37-30(41)22-16-21-24(17-27(22)42-2)38-12-9-25(21)43-26-8-5-19(13-23(26)33)15-29(40)31(10-11-31)28(39)14-18-3-6-20(7-4-18)32(34,35)36;1-26-22(29)15-11-14-17(12-20(15)32-2)27-8-5-18(14)33-19-4-3-13(9-16(19)25)10-21(28)24(6-7-24)23(30)31;8-7(9,10)5-1-3-6(11)4-2-5/h3-9,12-13,16-17H,10-11,14-15H2,1-2H3,(H,37,41);3-5,8-9,11-12H,6-7,10H2,1-2H3,(H,26,29)(H,30,31);1-4H,11H2. The number of hydrogen-bond acceptors (Lipinski definition) is 13. The van der Waals surface area contributed by atoms with E-state index in [2.05, 4.69) is 20.6 Å². The highest BCUT2D eigenvalue weighted by Crippen LogP contribution is 2.50. The minimum absolute atomic E-state index is 0.0876. The molecule has 2 aliphatic carbocycles. The summed E-state index contributed by atoms with van der Waals surface area (Å²) in [4.78, 5) is 82.9. The maximum absolute atomic E-state index is 15.2. The number of carboxylic acid groups (broad SMARTS) is 1. The number of carbonyl (C=O) groups is 6. The van der Waals surface area contributed by atoms with Crippen molar-refractivity contribution in [2.45, 2.75) is 57.3 Å². The second-order valence-corrected chi connectivity index (χ2v) is 20.2. The maximum atomic E-state index is 15.2. The van der Waals surface area contributed by atoms with E-state index in [1.165, 1.54) is 101 Å². The molecule has 2 fully saturated rings. The number of nitrogens with one attached hydrogen (secondary N) is 2. The van der Waals surface area contributed by atoms with Crippen molar-refractivity contribution >= 4 is 62.6 Å². The molecule has 8 aromatic rings. The van der Waals surface area contributed by atoms with E-state index in [1.807, 2.05) is 0 Å². The quantitative estimate of drug-likeness (QED) is 0.0355. The number of amides is 2. The molecule has 2 amide bonds. The van der Waals surface area contributed by atoms with Crippen LogP contribution in [0.1, 0.15) is 74.2 Å². The van der Waals surface area contributed by atoms with E-state index in [4.69, 9.17) is 24.7 Å². The Bertz CT molecular complexity index is 3960. The number of anilines is 1. The van der Waals surface area contributed by atoms with Crippen molar-refractivity contribution in [2.24, 2.45) is 10.8 Å². The van der Waals surface area contributed by atoms with E-state index in [0.717, 1.165) is 36.4 Å². The van der Waals surface area contributed by atoms with E-state index < -0.39 is 57.7 Å². The number of benzene rings is 6. The molecule has 0 spiro atoms. The first-order valence-corrected chi connectivity index (χ1v) is 26.5. The number of nitrogens with zero attached hydrogens (tertiary/aromatic N) is 2. The smallest absolute Gasteiger partial charge is 0.416 e. The summed E-state index contributed by atoms with van der Waals surface area (Å²) in [5.41, 5.74) is 4.05. The number of rotatable bonds is 18. The van der Waals surface area contributed by atoms with Crippen LogP contribution in [0.5, 0.6) is 34.5 Å². The van der Waals surface area contributed by atoms with Gasteiger partial charge in [0, 0.05) is 74.3 Å². The van der Waals surface area contributed by atoms with E-state index in [9.17, 15) is 64.6 Å². The molecule has 87 heavy (non-hydrogen) atoms. The lowest BCUT2D eigenvalue weighted by atomic mass is 9.87. The topological polar surface area (TPSA) is 235 Å². The zero-order valence-corrected chi connectivity index (χ0v) is 46.7. The van der Waals surface area contributed by atoms with Crippen LogP contribution in [-0.4, -0.2) is 78.5 Å². The van der Waals surface area contributed by atoms with Crippen LogP contribution in [0, 0.1) is 22.5 Å². The first-order chi connectivity index (χ1) is 41.2. The fourth-order valence-corrected chi connectivity index (χ4v) is 9.27. The molecule has 10 rings (SSSR count). The van der Waals surface area contributed by atoms with Crippen molar-refractivity contribution in [2.75, 3.05) is 34.0 Å². The predicted molar refractivity (Wildman–Crippen MR) is 301 cm³/mol. The molecular formula is C63H53F8N5O11. The molecule has 0 atom stereocenters. The molecule has 2 saturated carbocycles. The number of ether oxygens (including phenoxy) is 4. The van der Waals surface area contributed by atoms with Gasteiger partial charge in [0.2, 0.25) is 0 Å². The van der Waals surface area contributed by atoms with Crippen LogP contribution in [0.2, 0.25) is 0 Å².